The van der Waals surface area contributed by atoms with E-state index in [2.05, 4.69) is 30.9 Å². The molecule has 1 aliphatic rings. The van der Waals surface area contributed by atoms with Gasteiger partial charge in [0.05, 0.1) is 22.2 Å². The molecule has 0 amide bonds. The van der Waals surface area contributed by atoms with Gasteiger partial charge in [-0.25, -0.2) is 13.4 Å². The second-order valence-electron chi connectivity index (χ2n) is 6.18. The van der Waals surface area contributed by atoms with E-state index in [1.165, 1.54) is 0 Å². The molecule has 1 aliphatic heterocycles. The molecule has 7 nitrogen and oxygen atoms in total. The van der Waals surface area contributed by atoms with Gasteiger partial charge in [0, 0.05) is 43.9 Å². The largest absolute Gasteiger partial charge is 0.368 e. The van der Waals surface area contributed by atoms with Crippen molar-refractivity contribution in [3.8, 4) is 0 Å². The number of hydrogen-bond acceptors (Lipinski definition) is 5. The monoisotopic (exact) mass is 435 g/mol. The van der Waals surface area contributed by atoms with Gasteiger partial charge >= 0.3 is 0 Å². The average Bonchev–Trinajstić information content (AvgIpc) is 3.03. The summed E-state index contributed by atoms with van der Waals surface area (Å²) in [5, 5.41) is 5.25. The van der Waals surface area contributed by atoms with E-state index in [0.717, 1.165) is 21.2 Å². The minimum Gasteiger partial charge on any atom is -0.368 e. The molecule has 9 heteroatoms. The number of rotatable bonds is 3. The van der Waals surface area contributed by atoms with Crippen LogP contribution >= 0.6 is 15.9 Å². The summed E-state index contributed by atoms with van der Waals surface area (Å²) in [6.45, 7) is 2.15. The molecule has 0 unspecified atom stereocenters. The minimum absolute atomic E-state index is 0.327. The Kier molecular flexibility index (Phi) is 4.45. The number of piperazine rings is 1. The standard InChI is InChI=1S/C17H18BrN5O2S/c1-21-17-15(12-20-21)16(6-7-19-17)22-8-10-23(11-9-22)26(24,25)14-4-2-13(18)3-5-14/h2-7,12H,8-11H2,1H3. The summed E-state index contributed by atoms with van der Waals surface area (Å²) in [7, 11) is -1.60. The van der Waals surface area contributed by atoms with Gasteiger partial charge in [-0.15, -0.1) is 0 Å². The summed E-state index contributed by atoms with van der Waals surface area (Å²) < 4.78 is 29.8. The van der Waals surface area contributed by atoms with Crippen molar-refractivity contribution in [2.24, 2.45) is 7.05 Å². The maximum Gasteiger partial charge on any atom is 0.243 e. The van der Waals surface area contributed by atoms with Crippen molar-refractivity contribution in [1.29, 1.82) is 0 Å². The summed E-state index contributed by atoms with van der Waals surface area (Å²) in [5.41, 5.74) is 1.87. The summed E-state index contributed by atoms with van der Waals surface area (Å²) >= 11 is 3.34. The van der Waals surface area contributed by atoms with Crippen molar-refractivity contribution < 1.29 is 8.42 Å². The Labute approximate surface area is 160 Å². The first kappa shape index (κ1) is 17.4. The van der Waals surface area contributed by atoms with E-state index in [4.69, 9.17) is 0 Å². The first-order valence-corrected chi connectivity index (χ1v) is 10.5. The average molecular weight is 436 g/mol. The van der Waals surface area contributed by atoms with Crippen molar-refractivity contribution >= 4 is 42.7 Å². The third kappa shape index (κ3) is 3.00. The summed E-state index contributed by atoms with van der Waals surface area (Å²) in [6, 6.07) is 8.73. The lowest BCUT2D eigenvalue weighted by atomic mass is 10.2. The Hall–Kier alpha value is -1.97. The van der Waals surface area contributed by atoms with Gasteiger partial charge in [0.2, 0.25) is 10.0 Å². The third-order valence-corrected chi connectivity index (χ3v) is 7.08. The number of sulfonamides is 1. The second-order valence-corrected chi connectivity index (χ2v) is 9.03. The number of anilines is 1. The van der Waals surface area contributed by atoms with E-state index in [-0.39, 0.29) is 0 Å². The number of halogens is 1. The molecule has 4 rings (SSSR count). The van der Waals surface area contributed by atoms with E-state index in [1.807, 2.05) is 19.3 Å². The number of pyridine rings is 1. The molecule has 26 heavy (non-hydrogen) atoms. The number of hydrogen-bond donors (Lipinski definition) is 0. The normalized spacial score (nSPS) is 16.3. The lowest BCUT2D eigenvalue weighted by molar-refractivity contribution is 0.385. The molecule has 1 aromatic carbocycles. The van der Waals surface area contributed by atoms with Crippen LogP contribution in [0.25, 0.3) is 11.0 Å². The first-order valence-electron chi connectivity index (χ1n) is 8.24. The SMILES string of the molecule is Cn1ncc2c(N3CCN(S(=O)(=O)c4ccc(Br)cc4)CC3)ccnc21. The van der Waals surface area contributed by atoms with Crippen molar-refractivity contribution in [3.05, 3.63) is 47.2 Å². The van der Waals surface area contributed by atoms with Crippen LogP contribution in [-0.2, 0) is 17.1 Å². The molecule has 1 saturated heterocycles. The van der Waals surface area contributed by atoms with E-state index < -0.39 is 10.0 Å². The lowest BCUT2D eigenvalue weighted by Gasteiger charge is -2.35. The van der Waals surface area contributed by atoms with Crippen LogP contribution in [0.3, 0.4) is 0 Å². The van der Waals surface area contributed by atoms with Gasteiger partial charge in [-0.1, -0.05) is 15.9 Å². The smallest absolute Gasteiger partial charge is 0.243 e. The van der Waals surface area contributed by atoms with Crippen molar-refractivity contribution in [1.82, 2.24) is 19.1 Å². The van der Waals surface area contributed by atoms with Gasteiger partial charge in [-0.2, -0.15) is 9.40 Å². The molecule has 1 fully saturated rings. The summed E-state index contributed by atoms with van der Waals surface area (Å²) in [5.74, 6) is 0. The molecule has 3 heterocycles. The predicted molar refractivity (Wildman–Crippen MR) is 104 cm³/mol. The van der Waals surface area contributed by atoms with Crippen LogP contribution in [-0.4, -0.2) is 53.7 Å². The molecule has 0 bridgehead atoms. The van der Waals surface area contributed by atoms with Crippen LogP contribution in [0.5, 0.6) is 0 Å². The molecule has 0 saturated carbocycles. The van der Waals surface area contributed by atoms with Gasteiger partial charge in [0.15, 0.2) is 5.65 Å². The zero-order chi connectivity index (χ0) is 18.3. The van der Waals surface area contributed by atoms with Crippen molar-refractivity contribution in [2.45, 2.75) is 4.90 Å². The Morgan fingerprint density at radius 2 is 1.73 bits per heavy atom. The molecule has 0 N–H and O–H groups in total. The van der Waals surface area contributed by atoms with Gasteiger partial charge in [0.1, 0.15) is 0 Å². The lowest BCUT2D eigenvalue weighted by Crippen LogP contribution is -2.48. The van der Waals surface area contributed by atoms with Crippen LogP contribution < -0.4 is 4.90 Å². The third-order valence-electron chi connectivity index (χ3n) is 4.64. The van der Waals surface area contributed by atoms with Gasteiger partial charge in [-0.05, 0) is 30.3 Å². The van der Waals surface area contributed by atoms with Crippen molar-refractivity contribution in [2.75, 3.05) is 31.1 Å². The topological polar surface area (TPSA) is 71.3 Å². The molecule has 3 aromatic rings. The van der Waals surface area contributed by atoms with Gasteiger partial charge in [0.25, 0.3) is 0 Å². The molecule has 2 aromatic heterocycles. The number of aromatic nitrogens is 3. The Bertz CT molecular complexity index is 1040. The maximum atomic E-state index is 12.8. The van der Waals surface area contributed by atoms with E-state index in [1.54, 1.807) is 39.4 Å². The van der Waals surface area contributed by atoms with Crippen LogP contribution in [0.2, 0.25) is 0 Å². The Balaban J connectivity index is 1.54. The van der Waals surface area contributed by atoms with Crippen LogP contribution in [0.15, 0.2) is 52.1 Å². The highest BCUT2D eigenvalue weighted by atomic mass is 79.9. The molecule has 136 valence electrons. The highest BCUT2D eigenvalue weighted by Crippen LogP contribution is 2.27. The van der Waals surface area contributed by atoms with Crippen LogP contribution in [0.4, 0.5) is 5.69 Å². The molecular weight excluding hydrogens is 418 g/mol. The number of aryl methyl sites for hydroxylation is 1. The zero-order valence-corrected chi connectivity index (χ0v) is 16.6. The number of nitrogens with zero attached hydrogens (tertiary/aromatic N) is 5. The van der Waals surface area contributed by atoms with Gasteiger partial charge < -0.3 is 4.90 Å². The fourth-order valence-corrected chi connectivity index (χ4v) is 4.92. The highest BCUT2D eigenvalue weighted by molar-refractivity contribution is 9.10. The first-order chi connectivity index (χ1) is 12.5. The quantitative estimate of drug-likeness (QED) is 0.630. The van der Waals surface area contributed by atoms with Gasteiger partial charge in [-0.3, -0.25) is 4.68 Å². The predicted octanol–water partition coefficient (Wildman–Crippen LogP) is 2.24. The second kappa shape index (κ2) is 6.64. The number of benzene rings is 1. The van der Waals surface area contributed by atoms with E-state index in [0.29, 0.717) is 31.1 Å². The maximum absolute atomic E-state index is 12.8. The summed E-state index contributed by atoms with van der Waals surface area (Å²) in [6.07, 6.45) is 3.58. The van der Waals surface area contributed by atoms with E-state index >= 15 is 0 Å². The fraction of sp³-hybridized carbons (Fsp3) is 0.294. The van der Waals surface area contributed by atoms with E-state index in [9.17, 15) is 8.42 Å². The highest BCUT2D eigenvalue weighted by Gasteiger charge is 2.29. The minimum atomic E-state index is -3.47. The Morgan fingerprint density at radius 3 is 2.42 bits per heavy atom. The Morgan fingerprint density at radius 1 is 1.04 bits per heavy atom. The van der Waals surface area contributed by atoms with Crippen molar-refractivity contribution in [3.63, 3.8) is 0 Å². The zero-order valence-electron chi connectivity index (χ0n) is 14.2. The molecule has 0 atom stereocenters. The molecular formula is C17H18BrN5O2S. The molecule has 0 spiro atoms. The van der Waals surface area contributed by atoms with Crippen LogP contribution in [0.1, 0.15) is 0 Å². The van der Waals surface area contributed by atoms with Crippen LogP contribution in [0, 0.1) is 0 Å². The molecule has 0 radical (unpaired) electrons. The molecule has 0 aliphatic carbocycles. The number of fused-ring (bicyclic) bond motifs is 1. The fourth-order valence-electron chi connectivity index (χ4n) is 3.23. The summed E-state index contributed by atoms with van der Waals surface area (Å²) in [4.78, 5) is 6.88.